The van der Waals surface area contributed by atoms with Gasteiger partial charge in [-0.05, 0) is 24.0 Å². The lowest BCUT2D eigenvalue weighted by molar-refractivity contribution is 0.281. The Morgan fingerprint density at radius 1 is 1.32 bits per heavy atom. The average molecular weight is 275 g/mol. The first-order valence-corrected chi connectivity index (χ1v) is 7.15. The zero-order valence-electron chi connectivity index (χ0n) is 10.6. The molecular weight excluding hydrogens is 258 g/mol. The number of nitrogens with zero attached hydrogens (tertiary/aromatic N) is 1. The first-order valence-electron chi connectivity index (χ1n) is 6.34. The number of aliphatic hydroxyl groups excluding tert-OH is 1. The Morgan fingerprint density at radius 2 is 2.05 bits per heavy atom. The minimum atomic E-state index is -0.347. The molecule has 0 aliphatic heterocycles. The SMILES string of the molecule is Nc1nc2c(s1)CC(N)(c1ccc(CO)cc1)CC2. The van der Waals surface area contributed by atoms with E-state index in [-0.39, 0.29) is 12.1 Å². The largest absolute Gasteiger partial charge is 0.392 e. The van der Waals surface area contributed by atoms with E-state index in [0.717, 1.165) is 36.1 Å². The Hall–Kier alpha value is -1.43. The molecule has 1 aliphatic rings. The third-order valence-electron chi connectivity index (χ3n) is 3.79. The van der Waals surface area contributed by atoms with Crippen LogP contribution in [0.3, 0.4) is 0 Å². The Balaban J connectivity index is 1.91. The lowest BCUT2D eigenvalue weighted by atomic mass is 9.78. The van der Waals surface area contributed by atoms with E-state index in [9.17, 15) is 0 Å². The molecule has 1 aliphatic carbocycles. The van der Waals surface area contributed by atoms with E-state index in [1.807, 2.05) is 24.3 Å². The van der Waals surface area contributed by atoms with Crippen molar-refractivity contribution >= 4 is 16.5 Å². The number of fused-ring (bicyclic) bond motifs is 1. The first-order chi connectivity index (χ1) is 9.10. The molecular formula is C14H17N3OS. The van der Waals surface area contributed by atoms with Gasteiger partial charge in [0.1, 0.15) is 0 Å². The van der Waals surface area contributed by atoms with Crippen molar-refractivity contribution in [2.45, 2.75) is 31.4 Å². The first kappa shape index (κ1) is 12.6. The van der Waals surface area contributed by atoms with E-state index in [2.05, 4.69) is 4.98 Å². The maximum Gasteiger partial charge on any atom is 0.180 e. The van der Waals surface area contributed by atoms with Gasteiger partial charge >= 0.3 is 0 Å². The molecule has 0 fully saturated rings. The number of aliphatic hydroxyl groups is 1. The number of nitrogens with two attached hydrogens (primary N) is 2. The van der Waals surface area contributed by atoms with Crippen molar-refractivity contribution < 1.29 is 5.11 Å². The number of aryl methyl sites for hydroxylation is 1. The molecule has 3 rings (SSSR count). The van der Waals surface area contributed by atoms with Gasteiger partial charge in [-0.15, -0.1) is 11.3 Å². The van der Waals surface area contributed by atoms with Gasteiger partial charge in [0, 0.05) is 16.8 Å². The van der Waals surface area contributed by atoms with E-state index in [1.165, 1.54) is 4.88 Å². The molecule has 1 aromatic heterocycles. The summed E-state index contributed by atoms with van der Waals surface area (Å²) < 4.78 is 0. The highest BCUT2D eigenvalue weighted by Crippen LogP contribution is 2.37. The Kier molecular flexibility index (Phi) is 3.05. The summed E-state index contributed by atoms with van der Waals surface area (Å²) in [5, 5.41) is 9.71. The Bertz CT molecular complexity index is 593. The predicted octanol–water partition coefficient (Wildman–Crippen LogP) is 1.56. The highest BCUT2D eigenvalue weighted by Gasteiger charge is 2.34. The van der Waals surface area contributed by atoms with Gasteiger partial charge in [-0.2, -0.15) is 0 Å². The predicted molar refractivity (Wildman–Crippen MR) is 76.8 cm³/mol. The molecule has 4 nitrogen and oxygen atoms in total. The normalized spacial score (nSPS) is 22.2. The molecule has 1 unspecified atom stereocenters. The Morgan fingerprint density at radius 3 is 2.74 bits per heavy atom. The van der Waals surface area contributed by atoms with Crippen LogP contribution >= 0.6 is 11.3 Å². The summed E-state index contributed by atoms with van der Waals surface area (Å²) in [4.78, 5) is 5.55. The van der Waals surface area contributed by atoms with Gasteiger partial charge in [-0.1, -0.05) is 24.3 Å². The van der Waals surface area contributed by atoms with Crippen LogP contribution in [-0.4, -0.2) is 10.1 Å². The maximum absolute atomic E-state index is 9.08. The van der Waals surface area contributed by atoms with Gasteiger partial charge in [0.2, 0.25) is 0 Å². The molecule has 0 saturated carbocycles. The molecule has 1 atom stereocenters. The molecule has 0 radical (unpaired) electrons. The molecule has 0 bridgehead atoms. The fourth-order valence-corrected chi connectivity index (χ4v) is 3.65. The van der Waals surface area contributed by atoms with Crippen LogP contribution in [0.2, 0.25) is 0 Å². The number of thiazole rings is 1. The molecule has 100 valence electrons. The minimum Gasteiger partial charge on any atom is -0.392 e. The minimum absolute atomic E-state index is 0.0629. The number of nitrogen functional groups attached to an aromatic ring is 1. The van der Waals surface area contributed by atoms with E-state index in [0.29, 0.717) is 5.13 Å². The van der Waals surface area contributed by atoms with E-state index in [1.54, 1.807) is 11.3 Å². The van der Waals surface area contributed by atoms with Crippen molar-refractivity contribution in [2.75, 3.05) is 5.73 Å². The van der Waals surface area contributed by atoms with Gasteiger partial charge in [0.25, 0.3) is 0 Å². The fourth-order valence-electron chi connectivity index (χ4n) is 2.64. The zero-order chi connectivity index (χ0) is 13.5. The number of hydrogen-bond donors (Lipinski definition) is 3. The van der Waals surface area contributed by atoms with E-state index >= 15 is 0 Å². The van der Waals surface area contributed by atoms with Crippen LogP contribution in [0.5, 0.6) is 0 Å². The second-order valence-electron chi connectivity index (χ2n) is 5.11. The van der Waals surface area contributed by atoms with Crippen LogP contribution in [0.4, 0.5) is 5.13 Å². The second kappa shape index (κ2) is 4.59. The molecule has 5 N–H and O–H groups in total. The zero-order valence-corrected chi connectivity index (χ0v) is 11.4. The summed E-state index contributed by atoms with van der Waals surface area (Å²) in [6.45, 7) is 0.0629. The third-order valence-corrected chi connectivity index (χ3v) is 4.72. The van der Waals surface area contributed by atoms with Crippen LogP contribution in [0.25, 0.3) is 0 Å². The van der Waals surface area contributed by atoms with Crippen molar-refractivity contribution in [3.8, 4) is 0 Å². The average Bonchev–Trinajstić information content (AvgIpc) is 2.78. The van der Waals surface area contributed by atoms with Crippen molar-refractivity contribution in [1.82, 2.24) is 4.98 Å². The topological polar surface area (TPSA) is 85.2 Å². The summed E-state index contributed by atoms with van der Waals surface area (Å²) in [6, 6.07) is 7.89. The van der Waals surface area contributed by atoms with Crippen LogP contribution in [0.1, 0.15) is 28.1 Å². The lowest BCUT2D eigenvalue weighted by Crippen LogP contribution is -2.41. The summed E-state index contributed by atoms with van der Waals surface area (Å²) in [7, 11) is 0. The number of anilines is 1. The van der Waals surface area contributed by atoms with Crippen molar-refractivity contribution in [2.24, 2.45) is 5.73 Å². The maximum atomic E-state index is 9.08. The molecule has 1 aromatic carbocycles. The number of hydrogen-bond acceptors (Lipinski definition) is 5. The molecule has 0 spiro atoms. The van der Waals surface area contributed by atoms with Crippen molar-refractivity contribution in [1.29, 1.82) is 0 Å². The monoisotopic (exact) mass is 275 g/mol. The van der Waals surface area contributed by atoms with Crippen LogP contribution < -0.4 is 11.5 Å². The molecule has 0 saturated heterocycles. The Labute approximate surface area is 116 Å². The second-order valence-corrected chi connectivity index (χ2v) is 6.23. The lowest BCUT2D eigenvalue weighted by Gasteiger charge is -2.33. The summed E-state index contributed by atoms with van der Waals surface area (Å²) >= 11 is 1.54. The van der Waals surface area contributed by atoms with Gasteiger partial charge in [-0.3, -0.25) is 0 Å². The number of rotatable bonds is 2. The summed E-state index contributed by atoms with van der Waals surface area (Å²) in [6.07, 6.45) is 2.54. The van der Waals surface area contributed by atoms with Crippen LogP contribution in [0.15, 0.2) is 24.3 Å². The van der Waals surface area contributed by atoms with Crippen LogP contribution in [0, 0.1) is 0 Å². The molecule has 19 heavy (non-hydrogen) atoms. The van der Waals surface area contributed by atoms with E-state index in [4.69, 9.17) is 16.6 Å². The summed E-state index contributed by atoms with van der Waals surface area (Å²) in [5.74, 6) is 0. The van der Waals surface area contributed by atoms with Crippen molar-refractivity contribution in [3.05, 3.63) is 46.0 Å². The van der Waals surface area contributed by atoms with Gasteiger partial charge in [-0.25, -0.2) is 4.98 Å². The van der Waals surface area contributed by atoms with Gasteiger partial charge in [0.05, 0.1) is 12.3 Å². The van der Waals surface area contributed by atoms with Crippen LogP contribution in [-0.2, 0) is 25.0 Å². The third kappa shape index (κ3) is 2.25. The quantitative estimate of drug-likeness (QED) is 0.776. The van der Waals surface area contributed by atoms with E-state index < -0.39 is 0 Å². The van der Waals surface area contributed by atoms with Crippen molar-refractivity contribution in [3.63, 3.8) is 0 Å². The summed E-state index contributed by atoms with van der Waals surface area (Å²) in [5.41, 5.74) is 15.1. The molecule has 5 heteroatoms. The molecule has 2 aromatic rings. The highest BCUT2D eigenvalue weighted by molar-refractivity contribution is 7.15. The molecule has 0 amide bonds. The highest BCUT2D eigenvalue weighted by atomic mass is 32.1. The number of aromatic nitrogens is 1. The standard InChI is InChI=1S/C14H17N3OS/c15-13-17-11-5-6-14(16,7-12(11)19-13)10-3-1-9(8-18)2-4-10/h1-4,18H,5-8,16H2,(H2,15,17). The van der Waals surface area contributed by atoms with Gasteiger partial charge in [0.15, 0.2) is 5.13 Å². The smallest absolute Gasteiger partial charge is 0.180 e. The fraction of sp³-hybridized carbons (Fsp3) is 0.357. The van der Waals surface area contributed by atoms with Gasteiger partial charge < -0.3 is 16.6 Å². The number of benzene rings is 1. The molecule has 1 heterocycles.